The van der Waals surface area contributed by atoms with E-state index in [4.69, 9.17) is 4.52 Å². The normalized spacial score (nSPS) is 11.8. The van der Waals surface area contributed by atoms with Crippen LogP contribution in [-0.2, 0) is 13.0 Å². The fraction of sp³-hybridized carbons (Fsp3) is 0.526. The molecule has 0 radical (unpaired) electrons. The van der Waals surface area contributed by atoms with Crippen LogP contribution in [0.15, 0.2) is 40.0 Å². The summed E-state index contributed by atoms with van der Waals surface area (Å²) in [7, 11) is 0. The zero-order chi connectivity index (χ0) is 17.9. The second-order valence-electron chi connectivity index (χ2n) is 5.92. The third kappa shape index (κ3) is 6.21. The molecule has 2 heterocycles. The lowest BCUT2D eigenvalue weighted by atomic mass is 9.99. The molecule has 0 fully saturated rings. The summed E-state index contributed by atoms with van der Waals surface area (Å²) in [5.74, 6) is 2.04. The van der Waals surface area contributed by atoms with Gasteiger partial charge in [-0.2, -0.15) is 0 Å². The Labute approximate surface area is 150 Å². The molecule has 0 saturated heterocycles. The number of guanidine groups is 1. The maximum atomic E-state index is 5.43. The SMILES string of the molecule is CCNC(=NCc1cc(C(CC)CC)no1)NCCc1ccccn1. The van der Waals surface area contributed by atoms with Crippen LogP contribution < -0.4 is 10.6 Å². The second-order valence-corrected chi connectivity index (χ2v) is 5.92. The van der Waals surface area contributed by atoms with Crippen LogP contribution in [0.1, 0.15) is 56.7 Å². The van der Waals surface area contributed by atoms with Gasteiger partial charge in [-0.1, -0.05) is 25.1 Å². The fourth-order valence-corrected chi connectivity index (χ4v) is 2.66. The quantitative estimate of drug-likeness (QED) is 0.540. The van der Waals surface area contributed by atoms with E-state index >= 15 is 0 Å². The van der Waals surface area contributed by atoms with Gasteiger partial charge in [0, 0.05) is 43.4 Å². The van der Waals surface area contributed by atoms with Crippen molar-refractivity contribution in [2.75, 3.05) is 13.1 Å². The average molecular weight is 343 g/mol. The summed E-state index contributed by atoms with van der Waals surface area (Å²) < 4.78 is 5.43. The van der Waals surface area contributed by atoms with Gasteiger partial charge in [0.1, 0.15) is 6.54 Å². The Morgan fingerprint density at radius 3 is 2.72 bits per heavy atom. The number of hydrogen-bond donors (Lipinski definition) is 2. The van der Waals surface area contributed by atoms with Crippen molar-refractivity contribution < 1.29 is 4.52 Å². The van der Waals surface area contributed by atoms with Crippen LogP contribution in [-0.4, -0.2) is 29.2 Å². The van der Waals surface area contributed by atoms with Crippen molar-refractivity contribution in [3.8, 4) is 0 Å². The third-order valence-corrected chi connectivity index (χ3v) is 4.12. The summed E-state index contributed by atoms with van der Waals surface area (Å²) in [5, 5.41) is 10.8. The van der Waals surface area contributed by atoms with E-state index in [1.54, 1.807) is 0 Å². The molecule has 0 saturated carbocycles. The molecule has 25 heavy (non-hydrogen) atoms. The van der Waals surface area contributed by atoms with Gasteiger partial charge in [-0.25, -0.2) is 4.99 Å². The molecule has 0 aliphatic heterocycles. The first-order valence-electron chi connectivity index (χ1n) is 9.14. The smallest absolute Gasteiger partial charge is 0.191 e. The summed E-state index contributed by atoms with van der Waals surface area (Å²) in [4.78, 5) is 8.91. The maximum absolute atomic E-state index is 5.43. The molecule has 136 valence electrons. The lowest BCUT2D eigenvalue weighted by Gasteiger charge is -2.10. The minimum Gasteiger partial charge on any atom is -0.359 e. The average Bonchev–Trinajstić information content (AvgIpc) is 3.10. The number of rotatable bonds is 9. The van der Waals surface area contributed by atoms with Crippen LogP contribution in [0.25, 0.3) is 0 Å². The molecule has 0 bridgehead atoms. The van der Waals surface area contributed by atoms with Gasteiger partial charge in [-0.05, 0) is 31.9 Å². The van der Waals surface area contributed by atoms with Crippen LogP contribution in [0.5, 0.6) is 0 Å². The Morgan fingerprint density at radius 1 is 1.20 bits per heavy atom. The predicted octanol–water partition coefficient (Wildman–Crippen LogP) is 3.27. The molecule has 0 amide bonds. The predicted molar refractivity (Wildman–Crippen MR) is 101 cm³/mol. The van der Waals surface area contributed by atoms with Gasteiger partial charge in [0.2, 0.25) is 0 Å². The summed E-state index contributed by atoms with van der Waals surface area (Å²) in [6.07, 6.45) is 4.81. The Bertz CT molecular complexity index is 634. The molecule has 0 aromatic carbocycles. The number of hydrogen-bond acceptors (Lipinski definition) is 4. The Hall–Kier alpha value is -2.37. The largest absolute Gasteiger partial charge is 0.359 e. The molecule has 6 heteroatoms. The number of pyridine rings is 1. The molecule has 2 aromatic heterocycles. The first kappa shape index (κ1) is 19.0. The molecule has 0 spiro atoms. The van der Waals surface area contributed by atoms with Gasteiger partial charge in [0.25, 0.3) is 0 Å². The third-order valence-electron chi connectivity index (χ3n) is 4.12. The van der Waals surface area contributed by atoms with Crippen molar-refractivity contribution in [3.63, 3.8) is 0 Å². The van der Waals surface area contributed by atoms with Crippen LogP contribution in [0.3, 0.4) is 0 Å². The van der Waals surface area contributed by atoms with Crippen molar-refractivity contribution >= 4 is 5.96 Å². The first-order chi connectivity index (χ1) is 12.3. The Morgan fingerprint density at radius 2 is 2.04 bits per heavy atom. The lowest BCUT2D eigenvalue weighted by molar-refractivity contribution is 0.372. The molecule has 0 aliphatic rings. The lowest BCUT2D eigenvalue weighted by Crippen LogP contribution is -2.38. The summed E-state index contributed by atoms with van der Waals surface area (Å²) in [6, 6.07) is 7.98. The molecule has 2 N–H and O–H groups in total. The molecule has 0 aliphatic carbocycles. The highest BCUT2D eigenvalue weighted by Gasteiger charge is 2.12. The van der Waals surface area contributed by atoms with E-state index in [1.807, 2.05) is 30.5 Å². The van der Waals surface area contributed by atoms with Crippen molar-refractivity contribution in [3.05, 3.63) is 47.6 Å². The van der Waals surface area contributed by atoms with Gasteiger partial charge in [-0.3, -0.25) is 4.98 Å². The topological polar surface area (TPSA) is 75.3 Å². The van der Waals surface area contributed by atoms with Gasteiger partial charge in [0.15, 0.2) is 11.7 Å². The zero-order valence-electron chi connectivity index (χ0n) is 15.5. The molecular formula is C19H29N5O. The molecular weight excluding hydrogens is 314 g/mol. The van der Waals surface area contributed by atoms with Gasteiger partial charge < -0.3 is 15.2 Å². The van der Waals surface area contributed by atoms with Gasteiger partial charge >= 0.3 is 0 Å². The highest BCUT2D eigenvalue weighted by molar-refractivity contribution is 5.79. The fourth-order valence-electron chi connectivity index (χ4n) is 2.66. The summed E-state index contributed by atoms with van der Waals surface area (Å²) >= 11 is 0. The van der Waals surface area contributed by atoms with Crippen LogP contribution in [0.2, 0.25) is 0 Å². The minimum absolute atomic E-state index is 0.464. The molecule has 0 unspecified atom stereocenters. The second kappa shape index (κ2) is 10.5. The Balaban J connectivity index is 1.88. The minimum atomic E-state index is 0.464. The highest BCUT2D eigenvalue weighted by Crippen LogP contribution is 2.22. The molecule has 2 rings (SSSR count). The van der Waals surface area contributed by atoms with Crippen molar-refractivity contribution in [1.82, 2.24) is 20.8 Å². The van der Waals surface area contributed by atoms with Gasteiger partial charge in [0.05, 0.1) is 5.69 Å². The molecule has 2 aromatic rings. The maximum Gasteiger partial charge on any atom is 0.191 e. The van der Waals surface area contributed by atoms with E-state index < -0.39 is 0 Å². The monoisotopic (exact) mass is 343 g/mol. The molecule has 0 atom stereocenters. The first-order valence-corrected chi connectivity index (χ1v) is 9.14. The number of aromatic nitrogens is 2. The van der Waals surface area contributed by atoms with E-state index in [0.717, 1.165) is 55.5 Å². The Kier molecular flexibility index (Phi) is 7.95. The number of nitrogens with zero attached hydrogens (tertiary/aromatic N) is 3. The zero-order valence-corrected chi connectivity index (χ0v) is 15.5. The van der Waals surface area contributed by atoms with Gasteiger partial charge in [-0.15, -0.1) is 0 Å². The van der Waals surface area contributed by atoms with E-state index in [1.165, 1.54) is 0 Å². The number of nitrogens with one attached hydrogen (secondary N) is 2. The number of aliphatic imine (C=N–C) groups is 1. The van der Waals surface area contributed by atoms with Crippen LogP contribution in [0, 0.1) is 0 Å². The van der Waals surface area contributed by atoms with Crippen LogP contribution >= 0.6 is 0 Å². The van der Waals surface area contributed by atoms with E-state index in [-0.39, 0.29) is 0 Å². The van der Waals surface area contributed by atoms with Crippen molar-refractivity contribution in [1.29, 1.82) is 0 Å². The van der Waals surface area contributed by atoms with Crippen molar-refractivity contribution in [2.45, 2.75) is 52.5 Å². The van der Waals surface area contributed by atoms with Crippen LogP contribution in [0.4, 0.5) is 0 Å². The van der Waals surface area contributed by atoms with E-state index in [9.17, 15) is 0 Å². The standard InChI is InChI=1S/C19H29N5O/c1-4-15(5-2)18-13-17(25-24-18)14-23-19(20-6-3)22-12-10-16-9-7-8-11-21-16/h7-9,11,13,15H,4-6,10,12,14H2,1-3H3,(H2,20,22,23). The highest BCUT2D eigenvalue weighted by atomic mass is 16.5. The van der Waals surface area contributed by atoms with E-state index in [2.05, 4.69) is 46.5 Å². The summed E-state index contributed by atoms with van der Waals surface area (Å²) in [6.45, 7) is 8.47. The van der Waals surface area contributed by atoms with E-state index in [0.29, 0.717) is 12.5 Å². The van der Waals surface area contributed by atoms with Crippen molar-refractivity contribution in [2.24, 2.45) is 4.99 Å². The summed E-state index contributed by atoms with van der Waals surface area (Å²) in [5.41, 5.74) is 2.10. The molecule has 6 nitrogen and oxygen atoms in total.